The Hall–Kier alpha value is -2.74. The molecule has 1 aliphatic rings. The van der Waals surface area contributed by atoms with Crippen LogP contribution in [0.25, 0.3) is 16.8 Å². The SMILES string of the molecule is O=C1c2c(ncc3ccccc23)C=CC1c1ccccc1. The molecular formula is C19H13NO. The summed E-state index contributed by atoms with van der Waals surface area (Å²) in [6, 6.07) is 17.8. The molecule has 1 aromatic heterocycles. The van der Waals surface area contributed by atoms with Gasteiger partial charge in [0.05, 0.1) is 17.2 Å². The molecule has 2 nitrogen and oxygen atoms in total. The molecule has 0 aliphatic heterocycles. The van der Waals surface area contributed by atoms with Crippen LogP contribution >= 0.6 is 0 Å². The van der Waals surface area contributed by atoms with Crippen LogP contribution in [0.2, 0.25) is 0 Å². The van der Waals surface area contributed by atoms with Crippen LogP contribution < -0.4 is 0 Å². The first-order valence-electron chi connectivity index (χ1n) is 7.00. The predicted octanol–water partition coefficient (Wildman–Crippen LogP) is 4.23. The van der Waals surface area contributed by atoms with E-state index in [0.29, 0.717) is 0 Å². The summed E-state index contributed by atoms with van der Waals surface area (Å²) < 4.78 is 0. The number of nitrogens with zero attached hydrogens (tertiary/aromatic N) is 1. The Labute approximate surface area is 122 Å². The van der Waals surface area contributed by atoms with Gasteiger partial charge in [-0.2, -0.15) is 0 Å². The highest BCUT2D eigenvalue weighted by Crippen LogP contribution is 2.33. The Morgan fingerprint density at radius 2 is 1.67 bits per heavy atom. The summed E-state index contributed by atoms with van der Waals surface area (Å²) in [6.07, 6.45) is 5.73. The van der Waals surface area contributed by atoms with Gasteiger partial charge in [0.1, 0.15) is 0 Å². The number of benzene rings is 2. The number of hydrogen-bond acceptors (Lipinski definition) is 2. The number of carbonyl (C=O) groups excluding carboxylic acids is 1. The number of carbonyl (C=O) groups is 1. The second-order valence-corrected chi connectivity index (χ2v) is 5.22. The maximum absolute atomic E-state index is 12.9. The van der Waals surface area contributed by atoms with E-state index in [2.05, 4.69) is 4.98 Å². The first-order chi connectivity index (χ1) is 10.3. The molecule has 1 aliphatic carbocycles. The highest BCUT2D eigenvalue weighted by Gasteiger charge is 2.27. The average Bonchev–Trinajstić information content (AvgIpc) is 2.55. The van der Waals surface area contributed by atoms with Gasteiger partial charge < -0.3 is 0 Å². The lowest BCUT2D eigenvalue weighted by Crippen LogP contribution is -2.16. The van der Waals surface area contributed by atoms with Crippen molar-refractivity contribution in [3.8, 4) is 0 Å². The monoisotopic (exact) mass is 271 g/mol. The van der Waals surface area contributed by atoms with Gasteiger partial charge in [0.2, 0.25) is 0 Å². The lowest BCUT2D eigenvalue weighted by molar-refractivity contribution is 0.0976. The van der Waals surface area contributed by atoms with Crippen LogP contribution in [0.4, 0.5) is 0 Å². The largest absolute Gasteiger partial charge is 0.293 e. The van der Waals surface area contributed by atoms with Crippen molar-refractivity contribution in [2.75, 3.05) is 0 Å². The van der Waals surface area contributed by atoms with Gasteiger partial charge in [0.25, 0.3) is 0 Å². The molecule has 0 fully saturated rings. The van der Waals surface area contributed by atoms with Crippen molar-refractivity contribution in [2.24, 2.45) is 0 Å². The number of fused-ring (bicyclic) bond motifs is 3. The van der Waals surface area contributed by atoms with Gasteiger partial charge in [-0.1, -0.05) is 60.7 Å². The smallest absolute Gasteiger partial charge is 0.176 e. The molecule has 3 aromatic rings. The molecule has 0 saturated carbocycles. The van der Waals surface area contributed by atoms with E-state index < -0.39 is 0 Å². The number of rotatable bonds is 1. The molecule has 2 heteroatoms. The Bertz CT molecular complexity index is 865. The van der Waals surface area contributed by atoms with Gasteiger partial charge in [0, 0.05) is 11.6 Å². The van der Waals surface area contributed by atoms with Crippen LogP contribution in [0.3, 0.4) is 0 Å². The molecule has 1 heterocycles. The number of ketones is 1. The van der Waals surface area contributed by atoms with Gasteiger partial charge in [0.15, 0.2) is 5.78 Å². The number of allylic oxidation sites excluding steroid dienone is 1. The van der Waals surface area contributed by atoms with Crippen molar-refractivity contribution < 1.29 is 4.79 Å². The lowest BCUT2D eigenvalue weighted by Gasteiger charge is -2.19. The molecule has 0 spiro atoms. The summed E-state index contributed by atoms with van der Waals surface area (Å²) in [5.41, 5.74) is 2.53. The molecule has 1 atom stereocenters. The van der Waals surface area contributed by atoms with E-state index in [9.17, 15) is 4.79 Å². The zero-order valence-corrected chi connectivity index (χ0v) is 11.4. The Balaban J connectivity index is 1.93. The third-order valence-electron chi connectivity index (χ3n) is 3.96. The quantitative estimate of drug-likeness (QED) is 0.663. The van der Waals surface area contributed by atoms with E-state index >= 15 is 0 Å². The summed E-state index contributed by atoms with van der Waals surface area (Å²) in [5.74, 6) is -0.0886. The fraction of sp³-hybridized carbons (Fsp3) is 0.0526. The molecular weight excluding hydrogens is 258 g/mol. The minimum atomic E-state index is -0.216. The molecule has 0 bridgehead atoms. The molecule has 0 amide bonds. The second kappa shape index (κ2) is 4.67. The van der Waals surface area contributed by atoms with Gasteiger partial charge in [-0.25, -0.2) is 0 Å². The average molecular weight is 271 g/mol. The molecule has 1 unspecified atom stereocenters. The fourth-order valence-electron chi connectivity index (χ4n) is 2.92. The van der Waals surface area contributed by atoms with Crippen LogP contribution in [0.15, 0.2) is 66.9 Å². The zero-order chi connectivity index (χ0) is 14.2. The first kappa shape index (κ1) is 12.0. The third kappa shape index (κ3) is 1.88. The van der Waals surface area contributed by atoms with Gasteiger partial charge in [-0.3, -0.25) is 9.78 Å². The van der Waals surface area contributed by atoms with Crippen LogP contribution in [0.5, 0.6) is 0 Å². The first-order valence-corrected chi connectivity index (χ1v) is 7.00. The van der Waals surface area contributed by atoms with Crippen molar-refractivity contribution in [2.45, 2.75) is 5.92 Å². The summed E-state index contributed by atoms with van der Waals surface area (Å²) >= 11 is 0. The summed E-state index contributed by atoms with van der Waals surface area (Å²) in [6.45, 7) is 0. The van der Waals surface area contributed by atoms with E-state index in [-0.39, 0.29) is 11.7 Å². The maximum atomic E-state index is 12.9. The normalized spacial score (nSPS) is 17.0. The van der Waals surface area contributed by atoms with E-state index in [1.165, 1.54) is 0 Å². The van der Waals surface area contributed by atoms with Crippen LogP contribution in [0, 0.1) is 0 Å². The minimum Gasteiger partial charge on any atom is -0.293 e. The van der Waals surface area contributed by atoms with Gasteiger partial charge in [-0.05, 0) is 17.0 Å². The summed E-state index contributed by atoms with van der Waals surface area (Å²) in [4.78, 5) is 17.4. The molecule has 4 rings (SSSR count). The summed E-state index contributed by atoms with van der Waals surface area (Å²) in [5, 5.41) is 1.99. The van der Waals surface area contributed by atoms with Crippen molar-refractivity contribution in [3.63, 3.8) is 0 Å². The van der Waals surface area contributed by atoms with E-state index in [1.54, 1.807) is 0 Å². The molecule has 100 valence electrons. The van der Waals surface area contributed by atoms with Crippen molar-refractivity contribution in [3.05, 3.63) is 83.7 Å². The molecule has 2 aromatic carbocycles. The van der Waals surface area contributed by atoms with Crippen LogP contribution in [-0.4, -0.2) is 10.8 Å². The predicted molar refractivity (Wildman–Crippen MR) is 84.3 cm³/mol. The maximum Gasteiger partial charge on any atom is 0.176 e. The summed E-state index contributed by atoms with van der Waals surface area (Å²) in [7, 11) is 0. The minimum absolute atomic E-state index is 0.128. The Kier molecular flexibility index (Phi) is 2.68. The molecule has 21 heavy (non-hydrogen) atoms. The van der Waals surface area contributed by atoms with Crippen LogP contribution in [0.1, 0.15) is 27.5 Å². The van der Waals surface area contributed by atoms with E-state index in [1.807, 2.05) is 72.9 Å². The van der Waals surface area contributed by atoms with E-state index in [0.717, 1.165) is 27.6 Å². The van der Waals surface area contributed by atoms with Crippen LogP contribution in [-0.2, 0) is 0 Å². The second-order valence-electron chi connectivity index (χ2n) is 5.22. The molecule has 0 saturated heterocycles. The van der Waals surface area contributed by atoms with Crippen molar-refractivity contribution in [1.82, 2.24) is 4.98 Å². The Morgan fingerprint density at radius 1 is 0.905 bits per heavy atom. The highest BCUT2D eigenvalue weighted by molar-refractivity contribution is 6.15. The standard InChI is InChI=1S/C19H13NO/c21-19-16(13-6-2-1-3-7-13)10-11-17-18(19)15-9-5-4-8-14(15)12-20-17/h1-12,16H. The lowest BCUT2D eigenvalue weighted by atomic mass is 9.84. The Morgan fingerprint density at radius 3 is 2.52 bits per heavy atom. The number of Topliss-reactive ketones (excluding diaryl/α,β-unsaturated/α-hetero) is 1. The topological polar surface area (TPSA) is 30.0 Å². The van der Waals surface area contributed by atoms with Crippen molar-refractivity contribution >= 4 is 22.6 Å². The molecule has 0 N–H and O–H groups in total. The van der Waals surface area contributed by atoms with E-state index in [4.69, 9.17) is 0 Å². The van der Waals surface area contributed by atoms with Crippen molar-refractivity contribution in [1.29, 1.82) is 0 Å². The molecule has 0 radical (unpaired) electrons. The highest BCUT2D eigenvalue weighted by atomic mass is 16.1. The third-order valence-corrected chi connectivity index (χ3v) is 3.96. The number of aromatic nitrogens is 1. The fourth-order valence-corrected chi connectivity index (χ4v) is 2.92. The zero-order valence-electron chi connectivity index (χ0n) is 11.4. The number of hydrogen-bond donors (Lipinski definition) is 0. The van der Waals surface area contributed by atoms with Gasteiger partial charge in [-0.15, -0.1) is 0 Å². The van der Waals surface area contributed by atoms with Gasteiger partial charge >= 0.3 is 0 Å². The number of pyridine rings is 1.